The van der Waals surface area contributed by atoms with Crippen LogP contribution in [0.4, 0.5) is 11.4 Å². The van der Waals surface area contributed by atoms with Crippen molar-refractivity contribution in [1.29, 1.82) is 0 Å². The summed E-state index contributed by atoms with van der Waals surface area (Å²) in [5.41, 5.74) is 1.41. The lowest BCUT2D eigenvalue weighted by atomic mass is 9.94. The molecule has 1 aromatic carbocycles. The van der Waals surface area contributed by atoms with E-state index in [0.29, 0.717) is 17.8 Å². The molecule has 6 heteroatoms. The Morgan fingerprint density at radius 2 is 1.67 bits per heavy atom. The van der Waals surface area contributed by atoms with Gasteiger partial charge >= 0.3 is 0 Å². The van der Waals surface area contributed by atoms with E-state index in [9.17, 15) is 9.59 Å². The van der Waals surface area contributed by atoms with Gasteiger partial charge in [0.2, 0.25) is 11.8 Å². The van der Waals surface area contributed by atoms with Gasteiger partial charge in [-0.05, 0) is 31.0 Å². The van der Waals surface area contributed by atoms with Crippen molar-refractivity contribution in [3.05, 3.63) is 24.3 Å². The van der Waals surface area contributed by atoms with Gasteiger partial charge in [0.05, 0.1) is 0 Å². The number of hydrogen-bond donors (Lipinski definition) is 2. The Kier molecular flexibility index (Phi) is 7.24. The molecule has 2 aliphatic rings. The van der Waals surface area contributed by atoms with Gasteiger partial charge in [-0.1, -0.05) is 25.3 Å². The van der Waals surface area contributed by atoms with Gasteiger partial charge in [-0.3, -0.25) is 14.5 Å². The molecule has 1 saturated carbocycles. The normalized spacial score (nSPS) is 19.6. The number of benzene rings is 1. The maximum absolute atomic E-state index is 12.3. The zero-order valence-corrected chi connectivity index (χ0v) is 16.4. The van der Waals surface area contributed by atoms with Gasteiger partial charge < -0.3 is 15.5 Å². The van der Waals surface area contributed by atoms with Crippen LogP contribution in [0.25, 0.3) is 0 Å². The highest BCUT2D eigenvalue weighted by atomic mass is 16.2. The molecule has 6 nitrogen and oxygen atoms in total. The number of hydrogen-bond acceptors (Lipinski definition) is 4. The molecular formula is C21H32N4O2. The number of carbonyl (C=O) groups excluding carboxylic acids is 2. The van der Waals surface area contributed by atoms with Crippen LogP contribution in [-0.4, -0.2) is 60.4 Å². The van der Waals surface area contributed by atoms with Gasteiger partial charge in [0, 0.05) is 63.5 Å². The molecule has 1 aromatic rings. The Bertz CT molecular complexity index is 635. The number of rotatable bonds is 6. The molecule has 2 N–H and O–H groups in total. The van der Waals surface area contributed by atoms with Crippen molar-refractivity contribution in [2.45, 2.75) is 51.5 Å². The Morgan fingerprint density at radius 1 is 1.00 bits per heavy atom. The molecular weight excluding hydrogens is 340 g/mol. The van der Waals surface area contributed by atoms with Crippen LogP contribution in [0.2, 0.25) is 0 Å². The molecule has 0 bridgehead atoms. The van der Waals surface area contributed by atoms with E-state index in [0.717, 1.165) is 38.8 Å². The number of piperazine rings is 1. The van der Waals surface area contributed by atoms with Gasteiger partial charge in [0.15, 0.2) is 0 Å². The van der Waals surface area contributed by atoms with Crippen LogP contribution in [-0.2, 0) is 9.59 Å². The highest BCUT2D eigenvalue weighted by molar-refractivity contribution is 5.93. The van der Waals surface area contributed by atoms with Crippen LogP contribution < -0.4 is 10.6 Å². The second-order valence-corrected chi connectivity index (χ2v) is 7.73. The number of anilines is 2. The van der Waals surface area contributed by atoms with Crippen LogP contribution >= 0.6 is 0 Å². The monoisotopic (exact) mass is 372 g/mol. The maximum atomic E-state index is 12.3. The van der Waals surface area contributed by atoms with E-state index >= 15 is 0 Å². The summed E-state index contributed by atoms with van der Waals surface area (Å²) in [6.07, 6.45) is 7.38. The van der Waals surface area contributed by atoms with Crippen molar-refractivity contribution in [2.75, 3.05) is 43.4 Å². The number of nitrogens with zero attached hydrogens (tertiary/aromatic N) is 2. The molecule has 0 radical (unpaired) electrons. The molecule has 1 aliphatic heterocycles. The summed E-state index contributed by atoms with van der Waals surface area (Å²) < 4.78 is 0. The SMILES string of the molecule is CC(=O)Nc1cccc(NC(=O)CCN2CCN(C3CCCCC3)CC2)c1. The van der Waals surface area contributed by atoms with Gasteiger partial charge in [0.25, 0.3) is 0 Å². The zero-order valence-electron chi connectivity index (χ0n) is 16.4. The summed E-state index contributed by atoms with van der Waals surface area (Å²) in [4.78, 5) is 28.5. The summed E-state index contributed by atoms with van der Waals surface area (Å²) in [6.45, 7) is 6.65. The van der Waals surface area contributed by atoms with Crippen LogP contribution in [0.3, 0.4) is 0 Å². The third-order valence-electron chi connectivity index (χ3n) is 5.62. The molecule has 1 saturated heterocycles. The van der Waals surface area contributed by atoms with Crippen LogP contribution in [0.5, 0.6) is 0 Å². The molecule has 148 valence electrons. The van der Waals surface area contributed by atoms with E-state index in [1.807, 2.05) is 18.2 Å². The molecule has 0 atom stereocenters. The van der Waals surface area contributed by atoms with Gasteiger partial charge in [-0.15, -0.1) is 0 Å². The van der Waals surface area contributed by atoms with E-state index in [-0.39, 0.29) is 11.8 Å². The smallest absolute Gasteiger partial charge is 0.225 e. The van der Waals surface area contributed by atoms with Crippen LogP contribution in [0, 0.1) is 0 Å². The quantitative estimate of drug-likeness (QED) is 0.806. The summed E-state index contributed by atoms with van der Waals surface area (Å²) in [5, 5.41) is 5.66. The first-order valence-corrected chi connectivity index (χ1v) is 10.2. The topological polar surface area (TPSA) is 64.7 Å². The van der Waals surface area contributed by atoms with Crippen molar-refractivity contribution in [1.82, 2.24) is 9.80 Å². The number of nitrogens with one attached hydrogen (secondary N) is 2. The van der Waals surface area contributed by atoms with E-state index in [1.165, 1.54) is 39.0 Å². The Hall–Kier alpha value is -1.92. The molecule has 2 fully saturated rings. The molecule has 1 aliphatic carbocycles. The minimum absolute atomic E-state index is 0.0182. The third kappa shape index (κ3) is 6.33. The highest BCUT2D eigenvalue weighted by Crippen LogP contribution is 2.23. The Labute approximate surface area is 162 Å². The van der Waals surface area contributed by atoms with Crippen molar-refractivity contribution >= 4 is 23.2 Å². The molecule has 0 unspecified atom stereocenters. The minimum atomic E-state index is -0.120. The number of amides is 2. The fourth-order valence-corrected chi connectivity index (χ4v) is 4.16. The molecule has 2 amide bonds. The fraction of sp³-hybridized carbons (Fsp3) is 0.619. The predicted molar refractivity (Wildman–Crippen MR) is 109 cm³/mol. The molecule has 1 heterocycles. The summed E-state index contributed by atoms with van der Waals surface area (Å²) in [6, 6.07) is 8.04. The lowest BCUT2D eigenvalue weighted by molar-refractivity contribution is -0.116. The second-order valence-electron chi connectivity index (χ2n) is 7.73. The standard InChI is InChI=1S/C21H32N4O2/c1-17(26)22-18-6-5-7-19(16-18)23-21(27)10-11-24-12-14-25(15-13-24)20-8-3-2-4-9-20/h5-7,16,20H,2-4,8-15H2,1H3,(H,22,26)(H,23,27). The lowest BCUT2D eigenvalue weighted by Crippen LogP contribution is -2.51. The first-order chi connectivity index (χ1) is 13.1. The fourth-order valence-electron chi connectivity index (χ4n) is 4.16. The van der Waals surface area contributed by atoms with Crippen molar-refractivity contribution in [3.63, 3.8) is 0 Å². The first-order valence-electron chi connectivity index (χ1n) is 10.2. The first kappa shape index (κ1) is 19.8. The van der Waals surface area contributed by atoms with Gasteiger partial charge in [0.1, 0.15) is 0 Å². The van der Waals surface area contributed by atoms with Gasteiger partial charge in [-0.2, -0.15) is 0 Å². The number of carbonyl (C=O) groups is 2. The predicted octanol–water partition coefficient (Wildman–Crippen LogP) is 2.92. The van der Waals surface area contributed by atoms with Crippen LogP contribution in [0.15, 0.2) is 24.3 Å². The second kappa shape index (κ2) is 9.85. The third-order valence-corrected chi connectivity index (χ3v) is 5.62. The minimum Gasteiger partial charge on any atom is -0.326 e. The van der Waals surface area contributed by atoms with Gasteiger partial charge in [-0.25, -0.2) is 0 Å². The molecule has 3 rings (SSSR count). The molecule has 27 heavy (non-hydrogen) atoms. The van der Waals surface area contributed by atoms with Crippen molar-refractivity contribution in [2.24, 2.45) is 0 Å². The average Bonchev–Trinajstić information content (AvgIpc) is 2.67. The summed E-state index contributed by atoms with van der Waals surface area (Å²) in [7, 11) is 0. The average molecular weight is 373 g/mol. The Balaban J connectivity index is 1.38. The lowest BCUT2D eigenvalue weighted by Gasteiger charge is -2.40. The van der Waals surface area contributed by atoms with E-state index in [2.05, 4.69) is 20.4 Å². The largest absolute Gasteiger partial charge is 0.326 e. The molecule has 0 aromatic heterocycles. The highest BCUT2D eigenvalue weighted by Gasteiger charge is 2.25. The van der Waals surface area contributed by atoms with E-state index in [4.69, 9.17) is 0 Å². The van der Waals surface area contributed by atoms with Crippen LogP contribution in [0.1, 0.15) is 45.4 Å². The van der Waals surface area contributed by atoms with E-state index < -0.39 is 0 Å². The zero-order chi connectivity index (χ0) is 19.1. The maximum Gasteiger partial charge on any atom is 0.225 e. The summed E-state index contributed by atoms with van der Waals surface area (Å²) >= 11 is 0. The summed E-state index contributed by atoms with van der Waals surface area (Å²) in [5.74, 6) is -0.101. The van der Waals surface area contributed by atoms with Crippen molar-refractivity contribution < 1.29 is 9.59 Å². The van der Waals surface area contributed by atoms with Crippen molar-refractivity contribution in [3.8, 4) is 0 Å². The molecule has 0 spiro atoms. The Morgan fingerprint density at radius 3 is 2.33 bits per heavy atom. The van der Waals surface area contributed by atoms with E-state index in [1.54, 1.807) is 6.07 Å².